The summed E-state index contributed by atoms with van der Waals surface area (Å²) in [5.41, 5.74) is 1.16. The Morgan fingerprint density at radius 3 is 2.65 bits per heavy atom. The molecule has 9 heteroatoms. The smallest absolute Gasteiger partial charge is 0.339 e. The van der Waals surface area contributed by atoms with Crippen LogP contribution in [0.1, 0.15) is 33.3 Å². The predicted octanol–water partition coefficient (Wildman–Crippen LogP) is 2.92. The van der Waals surface area contributed by atoms with Crippen molar-refractivity contribution in [2.24, 2.45) is 0 Å². The second-order valence-corrected chi connectivity index (χ2v) is 5.07. The van der Waals surface area contributed by atoms with Crippen LogP contribution in [-0.2, 0) is 4.74 Å². The molecule has 0 aromatic carbocycles. The molecule has 0 atom stereocenters. The Hall–Kier alpha value is -2.25. The van der Waals surface area contributed by atoms with E-state index in [2.05, 4.69) is 20.3 Å². The lowest BCUT2D eigenvalue weighted by molar-refractivity contribution is 0.0525. The van der Waals surface area contributed by atoms with Crippen molar-refractivity contribution in [1.29, 1.82) is 0 Å². The number of carbonyl (C=O) groups is 2. The van der Waals surface area contributed by atoms with Gasteiger partial charge in [0.1, 0.15) is 5.15 Å². The molecule has 0 spiro atoms. The summed E-state index contributed by atoms with van der Waals surface area (Å²) in [6.07, 6.45) is 2.59. The molecule has 2 aromatic rings. The van der Waals surface area contributed by atoms with Crippen LogP contribution in [0.5, 0.6) is 0 Å². The van der Waals surface area contributed by atoms with Gasteiger partial charge in [-0.25, -0.2) is 14.8 Å². The molecule has 0 aliphatic rings. The first kappa shape index (κ1) is 17.1. The molecule has 0 unspecified atom stereocenters. The summed E-state index contributed by atoms with van der Waals surface area (Å²) in [5.74, 6) is -1.07. The van der Waals surface area contributed by atoms with Crippen molar-refractivity contribution in [3.63, 3.8) is 0 Å². The number of rotatable bonds is 4. The van der Waals surface area contributed by atoms with Crippen molar-refractivity contribution >= 4 is 40.8 Å². The van der Waals surface area contributed by atoms with Gasteiger partial charge in [-0.2, -0.15) is 0 Å². The fourth-order valence-corrected chi connectivity index (χ4v) is 2.06. The van der Waals surface area contributed by atoms with E-state index in [1.54, 1.807) is 13.8 Å². The largest absolute Gasteiger partial charge is 0.462 e. The van der Waals surface area contributed by atoms with Gasteiger partial charge < -0.3 is 10.1 Å². The number of ether oxygens (including phenoxy) is 1. The Morgan fingerprint density at radius 1 is 1.26 bits per heavy atom. The van der Waals surface area contributed by atoms with E-state index in [1.165, 1.54) is 18.5 Å². The molecular weight excluding hydrogens is 343 g/mol. The second kappa shape index (κ2) is 7.34. The third-order valence-corrected chi connectivity index (χ3v) is 3.27. The number of nitrogens with one attached hydrogen (secondary N) is 1. The quantitative estimate of drug-likeness (QED) is 0.515. The van der Waals surface area contributed by atoms with Gasteiger partial charge in [0.2, 0.25) is 5.28 Å². The average molecular weight is 355 g/mol. The van der Waals surface area contributed by atoms with Crippen LogP contribution in [0.4, 0.5) is 5.69 Å². The first-order valence-electron chi connectivity index (χ1n) is 6.55. The summed E-state index contributed by atoms with van der Waals surface area (Å²) in [6.45, 7) is 3.63. The minimum Gasteiger partial charge on any atom is -0.462 e. The van der Waals surface area contributed by atoms with Gasteiger partial charge in [0.05, 0.1) is 29.1 Å². The number of nitrogens with zero attached hydrogens (tertiary/aromatic N) is 3. The minimum atomic E-state index is -0.544. The molecule has 0 aliphatic heterocycles. The number of halogens is 2. The number of esters is 1. The zero-order chi connectivity index (χ0) is 17.0. The lowest BCUT2D eigenvalue weighted by Crippen LogP contribution is -2.16. The van der Waals surface area contributed by atoms with Crippen LogP contribution >= 0.6 is 23.2 Å². The van der Waals surface area contributed by atoms with Crippen LogP contribution in [0.15, 0.2) is 18.5 Å². The van der Waals surface area contributed by atoms with Crippen molar-refractivity contribution in [3.05, 3.63) is 45.7 Å². The van der Waals surface area contributed by atoms with Gasteiger partial charge >= 0.3 is 5.97 Å². The minimum absolute atomic E-state index is 0.0528. The molecule has 0 bridgehead atoms. The van der Waals surface area contributed by atoms with Gasteiger partial charge in [0.15, 0.2) is 0 Å². The Balaban J connectivity index is 2.26. The highest BCUT2D eigenvalue weighted by Gasteiger charge is 2.16. The van der Waals surface area contributed by atoms with Crippen molar-refractivity contribution < 1.29 is 14.3 Å². The van der Waals surface area contributed by atoms with Gasteiger partial charge in [0, 0.05) is 12.4 Å². The van der Waals surface area contributed by atoms with Crippen LogP contribution in [0, 0.1) is 6.92 Å². The number of aromatic nitrogens is 3. The fourth-order valence-electron chi connectivity index (χ4n) is 1.67. The Kier molecular flexibility index (Phi) is 5.46. The Morgan fingerprint density at radius 2 is 2.00 bits per heavy atom. The van der Waals surface area contributed by atoms with E-state index in [1.807, 2.05) is 0 Å². The number of carbonyl (C=O) groups excluding carboxylic acids is 2. The van der Waals surface area contributed by atoms with Crippen LogP contribution in [0.3, 0.4) is 0 Å². The molecule has 1 N–H and O–H groups in total. The second-order valence-electron chi connectivity index (χ2n) is 4.38. The lowest BCUT2D eigenvalue weighted by atomic mass is 10.2. The number of pyridine rings is 1. The summed E-state index contributed by atoms with van der Waals surface area (Å²) in [6, 6.07) is 1.48. The van der Waals surface area contributed by atoms with Crippen molar-refractivity contribution in [3.8, 4) is 0 Å². The Labute approximate surface area is 142 Å². The topological polar surface area (TPSA) is 94.1 Å². The van der Waals surface area contributed by atoms with Crippen molar-refractivity contribution in [1.82, 2.24) is 15.0 Å². The summed E-state index contributed by atoms with van der Waals surface area (Å²) in [5, 5.41) is 2.47. The van der Waals surface area contributed by atoms with E-state index in [0.29, 0.717) is 11.4 Å². The first-order chi connectivity index (χ1) is 10.9. The van der Waals surface area contributed by atoms with Crippen molar-refractivity contribution in [2.75, 3.05) is 11.9 Å². The summed E-state index contributed by atoms with van der Waals surface area (Å²) in [7, 11) is 0. The maximum Gasteiger partial charge on any atom is 0.339 e. The first-order valence-corrected chi connectivity index (χ1v) is 7.31. The number of amides is 1. The van der Waals surface area contributed by atoms with Crippen LogP contribution < -0.4 is 5.32 Å². The maximum absolute atomic E-state index is 12.2. The van der Waals surface area contributed by atoms with E-state index in [9.17, 15) is 9.59 Å². The summed E-state index contributed by atoms with van der Waals surface area (Å²) < 4.78 is 4.90. The fraction of sp³-hybridized carbons (Fsp3) is 0.214. The standard InChI is InChI=1S/C14H12Cl2N4O3/c1-3-23-13(22)8-4-10(7(2)17-5-8)19-12(21)9-6-18-14(16)20-11(9)15/h4-6H,3H2,1-2H3,(H,19,21). The number of hydrogen-bond donors (Lipinski definition) is 1. The predicted molar refractivity (Wildman–Crippen MR) is 84.9 cm³/mol. The number of anilines is 1. The zero-order valence-electron chi connectivity index (χ0n) is 12.3. The summed E-state index contributed by atoms with van der Waals surface area (Å²) in [4.78, 5) is 35.4. The monoisotopic (exact) mass is 354 g/mol. The highest BCUT2D eigenvalue weighted by Crippen LogP contribution is 2.19. The van der Waals surface area contributed by atoms with E-state index >= 15 is 0 Å². The molecular formula is C14H12Cl2N4O3. The highest BCUT2D eigenvalue weighted by atomic mass is 35.5. The van der Waals surface area contributed by atoms with Gasteiger partial charge in [-0.3, -0.25) is 9.78 Å². The molecule has 0 saturated heterocycles. The summed E-state index contributed by atoms with van der Waals surface area (Å²) >= 11 is 11.5. The van der Waals surface area contributed by atoms with Crippen LogP contribution in [0.2, 0.25) is 10.4 Å². The van der Waals surface area contributed by atoms with Gasteiger partial charge in [-0.05, 0) is 31.5 Å². The third-order valence-electron chi connectivity index (χ3n) is 2.80. The zero-order valence-corrected chi connectivity index (χ0v) is 13.8. The average Bonchev–Trinajstić information content (AvgIpc) is 2.49. The molecule has 0 aliphatic carbocycles. The van der Waals surface area contributed by atoms with E-state index in [4.69, 9.17) is 27.9 Å². The van der Waals surface area contributed by atoms with Crippen molar-refractivity contribution in [2.45, 2.75) is 13.8 Å². The normalized spacial score (nSPS) is 10.3. The maximum atomic E-state index is 12.2. The van der Waals surface area contributed by atoms with E-state index in [0.717, 1.165) is 0 Å². The SMILES string of the molecule is CCOC(=O)c1cnc(C)c(NC(=O)c2cnc(Cl)nc2Cl)c1. The molecule has 2 aromatic heterocycles. The molecule has 1 amide bonds. The van der Waals surface area contributed by atoms with E-state index < -0.39 is 11.9 Å². The molecule has 2 heterocycles. The third kappa shape index (κ3) is 4.14. The van der Waals surface area contributed by atoms with E-state index in [-0.39, 0.29) is 28.2 Å². The molecule has 0 fully saturated rings. The molecule has 2 rings (SSSR count). The number of aryl methyl sites for hydroxylation is 1. The van der Waals surface area contributed by atoms with Gasteiger partial charge in [-0.15, -0.1) is 0 Å². The molecule has 23 heavy (non-hydrogen) atoms. The van der Waals surface area contributed by atoms with Crippen LogP contribution in [0.25, 0.3) is 0 Å². The van der Waals surface area contributed by atoms with Gasteiger partial charge in [0.25, 0.3) is 5.91 Å². The Bertz CT molecular complexity index is 768. The molecule has 120 valence electrons. The molecule has 7 nitrogen and oxygen atoms in total. The number of hydrogen-bond acceptors (Lipinski definition) is 6. The highest BCUT2D eigenvalue weighted by molar-refractivity contribution is 6.34. The molecule has 0 saturated carbocycles. The lowest BCUT2D eigenvalue weighted by Gasteiger charge is -2.10. The van der Waals surface area contributed by atoms with Crippen LogP contribution in [-0.4, -0.2) is 33.4 Å². The molecule has 0 radical (unpaired) electrons. The van der Waals surface area contributed by atoms with Gasteiger partial charge in [-0.1, -0.05) is 11.6 Å².